The Hall–Kier alpha value is -0.850. The molecule has 4 aliphatic carbocycles. The molecule has 108 valence electrons. The van der Waals surface area contributed by atoms with Gasteiger partial charge in [-0.3, -0.25) is 4.79 Å². The van der Waals surface area contributed by atoms with Crippen molar-refractivity contribution in [2.24, 2.45) is 29.1 Å². The molecule has 0 aromatic rings. The van der Waals surface area contributed by atoms with E-state index in [0.29, 0.717) is 17.1 Å². The highest BCUT2D eigenvalue weighted by molar-refractivity contribution is 5.91. The van der Waals surface area contributed by atoms with Gasteiger partial charge in [0.15, 0.2) is 5.78 Å². The Kier molecular flexibility index (Phi) is 2.78. The number of fused-ring (bicyclic) bond motifs is 5. The molecule has 0 aromatic carbocycles. The molecule has 0 radical (unpaired) electrons. The normalized spacial score (nSPS) is 47.4. The lowest BCUT2D eigenvalue weighted by Gasteiger charge is -2.53. The molecule has 0 heterocycles. The van der Waals surface area contributed by atoms with Crippen molar-refractivity contribution in [2.45, 2.75) is 58.3 Å². The molecule has 0 amide bonds. The third kappa shape index (κ3) is 1.71. The summed E-state index contributed by atoms with van der Waals surface area (Å²) < 4.78 is 0. The van der Waals surface area contributed by atoms with Crippen molar-refractivity contribution >= 4 is 5.78 Å². The van der Waals surface area contributed by atoms with Crippen molar-refractivity contribution < 1.29 is 4.79 Å². The fourth-order valence-electron chi connectivity index (χ4n) is 6.12. The van der Waals surface area contributed by atoms with Gasteiger partial charge in [0.2, 0.25) is 0 Å². The van der Waals surface area contributed by atoms with E-state index in [1.807, 2.05) is 6.08 Å². The van der Waals surface area contributed by atoms with Crippen LogP contribution in [0.3, 0.4) is 0 Å². The molecule has 5 atom stereocenters. The summed E-state index contributed by atoms with van der Waals surface area (Å²) in [5.74, 6) is 3.49. The monoisotopic (exact) mass is 270 g/mol. The predicted octanol–water partition coefficient (Wildman–Crippen LogP) is 4.68. The Labute approximate surface area is 122 Å². The average Bonchev–Trinajstić information content (AvgIpc) is 2.79. The first-order valence-corrected chi connectivity index (χ1v) is 8.49. The van der Waals surface area contributed by atoms with E-state index < -0.39 is 0 Å². The van der Waals surface area contributed by atoms with Gasteiger partial charge in [-0.25, -0.2) is 0 Å². The smallest absolute Gasteiger partial charge is 0.155 e. The molecule has 0 saturated heterocycles. The number of allylic oxidation sites excluding steroid dienone is 2. The molecule has 0 aliphatic heterocycles. The maximum Gasteiger partial charge on any atom is 0.155 e. The van der Waals surface area contributed by atoms with E-state index in [1.165, 1.54) is 43.3 Å². The van der Waals surface area contributed by atoms with Crippen LogP contribution in [0.2, 0.25) is 0 Å². The number of ketones is 1. The summed E-state index contributed by atoms with van der Waals surface area (Å²) in [7, 11) is 0. The predicted molar refractivity (Wildman–Crippen MR) is 81.2 cm³/mol. The second-order valence-electron chi connectivity index (χ2n) is 8.05. The first-order valence-electron chi connectivity index (χ1n) is 8.49. The molecule has 0 bridgehead atoms. The molecule has 20 heavy (non-hydrogen) atoms. The number of hydrogen-bond acceptors (Lipinski definition) is 1. The second kappa shape index (κ2) is 4.32. The summed E-state index contributed by atoms with van der Waals surface area (Å²) in [4.78, 5) is 11.7. The molecule has 1 heteroatoms. The van der Waals surface area contributed by atoms with Crippen molar-refractivity contribution in [1.29, 1.82) is 0 Å². The van der Waals surface area contributed by atoms with E-state index in [0.717, 1.165) is 37.0 Å². The Morgan fingerprint density at radius 2 is 2.10 bits per heavy atom. The minimum Gasteiger partial charge on any atom is -0.295 e. The number of hydrogen-bond donors (Lipinski definition) is 0. The Morgan fingerprint density at radius 1 is 1.25 bits per heavy atom. The van der Waals surface area contributed by atoms with Crippen LogP contribution in [0.15, 0.2) is 23.8 Å². The van der Waals surface area contributed by atoms with E-state index in [9.17, 15) is 4.79 Å². The van der Waals surface area contributed by atoms with Crippen LogP contribution in [0.1, 0.15) is 58.3 Å². The van der Waals surface area contributed by atoms with Crippen molar-refractivity contribution in [3.63, 3.8) is 0 Å². The zero-order valence-electron chi connectivity index (χ0n) is 12.7. The summed E-state index contributed by atoms with van der Waals surface area (Å²) in [6.07, 6.45) is 11.9. The van der Waals surface area contributed by atoms with Crippen LogP contribution >= 0.6 is 0 Å². The van der Waals surface area contributed by atoms with Gasteiger partial charge in [-0.2, -0.15) is 0 Å². The highest BCUT2D eigenvalue weighted by Gasteiger charge is 2.53. The van der Waals surface area contributed by atoms with Crippen LogP contribution in [-0.2, 0) is 4.79 Å². The quantitative estimate of drug-likeness (QED) is 0.584. The summed E-state index contributed by atoms with van der Waals surface area (Å²) in [6, 6.07) is 0. The molecular weight excluding hydrogens is 244 g/mol. The fourth-order valence-corrected chi connectivity index (χ4v) is 6.12. The summed E-state index contributed by atoms with van der Waals surface area (Å²) in [5.41, 5.74) is 3.47. The Bertz CT molecular complexity index is 500. The van der Waals surface area contributed by atoms with E-state index in [-0.39, 0.29) is 0 Å². The standard InChI is InChI=1S/C19H26O/c1-12-10-13-11-14(20)5-6-15(13)16-7-9-19(2)8-3-4-17(19)18(12)16/h11,15-18H,1,3-10H2,2H3/t15-,16+,17-,18+,19-/m0/s1. The molecule has 0 spiro atoms. The fraction of sp³-hybridized carbons (Fsp3) is 0.737. The average molecular weight is 270 g/mol. The molecular formula is C19H26O. The molecule has 1 nitrogen and oxygen atoms in total. The highest BCUT2D eigenvalue weighted by atomic mass is 16.1. The third-order valence-electron chi connectivity index (χ3n) is 7.05. The van der Waals surface area contributed by atoms with Crippen LogP contribution in [0, 0.1) is 29.1 Å². The first-order chi connectivity index (χ1) is 9.58. The number of rotatable bonds is 0. The summed E-state index contributed by atoms with van der Waals surface area (Å²) >= 11 is 0. The third-order valence-corrected chi connectivity index (χ3v) is 7.05. The van der Waals surface area contributed by atoms with Gasteiger partial charge in [0.1, 0.15) is 0 Å². The number of carbonyl (C=O) groups excluding carboxylic acids is 1. The molecule has 3 saturated carbocycles. The summed E-state index contributed by atoms with van der Waals surface area (Å²) in [5, 5.41) is 0. The minimum absolute atomic E-state index is 0.351. The van der Waals surface area contributed by atoms with Crippen molar-refractivity contribution in [2.75, 3.05) is 0 Å². The van der Waals surface area contributed by atoms with Crippen LogP contribution in [-0.4, -0.2) is 5.78 Å². The zero-order valence-corrected chi connectivity index (χ0v) is 12.7. The molecule has 0 unspecified atom stereocenters. The topological polar surface area (TPSA) is 17.1 Å². The van der Waals surface area contributed by atoms with Gasteiger partial charge in [0.05, 0.1) is 0 Å². The van der Waals surface area contributed by atoms with Crippen molar-refractivity contribution in [3.05, 3.63) is 23.8 Å². The lowest BCUT2D eigenvalue weighted by molar-refractivity contribution is -0.115. The Morgan fingerprint density at radius 3 is 2.95 bits per heavy atom. The van der Waals surface area contributed by atoms with Gasteiger partial charge >= 0.3 is 0 Å². The second-order valence-corrected chi connectivity index (χ2v) is 8.05. The van der Waals surface area contributed by atoms with Gasteiger partial charge < -0.3 is 0 Å². The zero-order chi connectivity index (χ0) is 13.9. The SMILES string of the molecule is C=C1CC2=CC(=O)CC[C@@H]2[C@H]2CC[C@]3(C)CCC[C@H]3[C@H]12. The van der Waals surface area contributed by atoms with Crippen LogP contribution in [0.5, 0.6) is 0 Å². The number of carbonyl (C=O) groups is 1. The van der Waals surface area contributed by atoms with Crippen molar-refractivity contribution in [1.82, 2.24) is 0 Å². The van der Waals surface area contributed by atoms with E-state index in [1.54, 1.807) is 0 Å². The maximum absolute atomic E-state index is 11.7. The Balaban J connectivity index is 1.70. The van der Waals surface area contributed by atoms with Gasteiger partial charge in [0.25, 0.3) is 0 Å². The van der Waals surface area contributed by atoms with Crippen molar-refractivity contribution in [3.8, 4) is 0 Å². The molecule has 0 N–H and O–H groups in total. The highest BCUT2D eigenvalue weighted by Crippen LogP contribution is 2.62. The maximum atomic E-state index is 11.7. The molecule has 3 fully saturated rings. The lowest BCUT2D eigenvalue weighted by atomic mass is 9.51. The lowest BCUT2D eigenvalue weighted by Crippen LogP contribution is -2.45. The van der Waals surface area contributed by atoms with E-state index >= 15 is 0 Å². The van der Waals surface area contributed by atoms with Crippen LogP contribution in [0.4, 0.5) is 0 Å². The molecule has 4 rings (SSSR count). The minimum atomic E-state index is 0.351. The summed E-state index contributed by atoms with van der Waals surface area (Å²) in [6.45, 7) is 6.99. The van der Waals surface area contributed by atoms with Gasteiger partial charge in [-0.15, -0.1) is 0 Å². The van der Waals surface area contributed by atoms with E-state index in [2.05, 4.69) is 13.5 Å². The van der Waals surface area contributed by atoms with Gasteiger partial charge in [-0.05, 0) is 73.7 Å². The van der Waals surface area contributed by atoms with E-state index in [4.69, 9.17) is 0 Å². The van der Waals surface area contributed by atoms with Gasteiger partial charge in [-0.1, -0.05) is 31.1 Å². The molecule has 4 aliphatic rings. The first kappa shape index (κ1) is 12.9. The van der Waals surface area contributed by atoms with Crippen LogP contribution < -0.4 is 0 Å². The van der Waals surface area contributed by atoms with Gasteiger partial charge in [0, 0.05) is 6.42 Å². The molecule has 0 aromatic heterocycles. The largest absolute Gasteiger partial charge is 0.295 e. The van der Waals surface area contributed by atoms with Crippen LogP contribution in [0.25, 0.3) is 0 Å².